The van der Waals surface area contributed by atoms with Gasteiger partial charge in [-0.2, -0.15) is 0 Å². The Morgan fingerprint density at radius 2 is 1.71 bits per heavy atom. The fraction of sp³-hybridized carbons (Fsp3) is 0.208. The van der Waals surface area contributed by atoms with Gasteiger partial charge >= 0.3 is 0 Å². The first-order valence-electron chi connectivity index (χ1n) is 10.1. The molecular formula is C24H24N4OS2. The second-order valence-electron chi connectivity index (χ2n) is 7.34. The molecule has 2 aromatic heterocycles. The average Bonchev–Trinajstić information content (AvgIpc) is 3.44. The molecule has 158 valence electrons. The van der Waals surface area contributed by atoms with Gasteiger partial charge in [0.15, 0.2) is 11.0 Å². The van der Waals surface area contributed by atoms with Gasteiger partial charge in [0.05, 0.1) is 17.2 Å². The molecule has 0 aliphatic carbocycles. The smallest absolute Gasteiger partial charge is 0.237 e. The SMILES string of the molecule is CC(C)N(C(=O)CSc1nnc(-c2cccs2)n1Cc1ccccc1)c1ccccc1. The monoisotopic (exact) mass is 448 g/mol. The van der Waals surface area contributed by atoms with Gasteiger partial charge in [0.1, 0.15) is 0 Å². The van der Waals surface area contributed by atoms with Crippen LogP contribution in [0, 0.1) is 0 Å². The molecule has 0 saturated heterocycles. The molecule has 2 heterocycles. The van der Waals surface area contributed by atoms with E-state index in [-0.39, 0.29) is 11.9 Å². The van der Waals surface area contributed by atoms with Crippen LogP contribution in [0.5, 0.6) is 0 Å². The highest BCUT2D eigenvalue weighted by molar-refractivity contribution is 7.99. The number of carbonyl (C=O) groups is 1. The van der Waals surface area contributed by atoms with E-state index in [4.69, 9.17) is 0 Å². The van der Waals surface area contributed by atoms with Crippen molar-refractivity contribution >= 4 is 34.7 Å². The quantitative estimate of drug-likeness (QED) is 0.330. The van der Waals surface area contributed by atoms with E-state index in [1.165, 1.54) is 17.3 Å². The van der Waals surface area contributed by atoms with E-state index in [2.05, 4.69) is 26.9 Å². The maximum Gasteiger partial charge on any atom is 0.237 e. The average molecular weight is 449 g/mol. The van der Waals surface area contributed by atoms with Gasteiger partial charge in [0, 0.05) is 11.7 Å². The molecule has 1 amide bonds. The molecule has 0 unspecified atom stereocenters. The van der Waals surface area contributed by atoms with Gasteiger partial charge in [-0.3, -0.25) is 9.36 Å². The van der Waals surface area contributed by atoms with Gasteiger partial charge in [-0.05, 0) is 43.0 Å². The lowest BCUT2D eigenvalue weighted by atomic mass is 10.2. The van der Waals surface area contributed by atoms with Crippen molar-refractivity contribution in [2.45, 2.75) is 31.6 Å². The molecule has 0 saturated carbocycles. The number of thiophene rings is 1. The van der Waals surface area contributed by atoms with Crippen LogP contribution in [0.4, 0.5) is 5.69 Å². The number of nitrogens with zero attached hydrogens (tertiary/aromatic N) is 4. The number of benzene rings is 2. The van der Waals surface area contributed by atoms with E-state index in [9.17, 15) is 4.79 Å². The Morgan fingerprint density at radius 1 is 1.00 bits per heavy atom. The number of carbonyl (C=O) groups excluding carboxylic acids is 1. The zero-order valence-electron chi connectivity index (χ0n) is 17.5. The lowest BCUT2D eigenvalue weighted by molar-refractivity contribution is -0.116. The van der Waals surface area contributed by atoms with Crippen LogP contribution in [-0.4, -0.2) is 32.5 Å². The van der Waals surface area contributed by atoms with E-state index in [1.54, 1.807) is 11.3 Å². The van der Waals surface area contributed by atoms with Crippen LogP contribution in [0.25, 0.3) is 10.7 Å². The third kappa shape index (κ3) is 5.06. The lowest BCUT2D eigenvalue weighted by Crippen LogP contribution is -2.38. The van der Waals surface area contributed by atoms with E-state index >= 15 is 0 Å². The van der Waals surface area contributed by atoms with Crippen LogP contribution < -0.4 is 4.90 Å². The van der Waals surface area contributed by atoms with Crippen LogP contribution >= 0.6 is 23.1 Å². The number of rotatable bonds is 8. The van der Waals surface area contributed by atoms with Crippen LogP contribution in [0.2, 0.25) is 0 Å². The van der Waals surface area contributed by atoms with E-state index in [1.807, 2.05) is 84.8 Å². The Bertz CT molecular complexity index is 1110. The summed E-state index contributed by atoms with van der Waals surface area (Å²) in [4.78, 5) is 16.0. The zero-order valence-corrected chi connectivity index (χ0v) is 19.1. The number of thioether (sulfide) groups is 1. The van der Waals surface area contributed by atoms with Crippen molar-refractivity contribution in [2.75, 3.05) is 10.7 Å². The normalized spacial score (nSPS) is 11.1. The van der Waals surface area contributed by atoms with Gasteiger partial charge in [0.2, 0.25) is 5.91 Å². The van der Waals surface area contributed by atoms with E-state index in [0.717, 1.165) is 21.5 Å². The summed E-state index contributed by atoms with van der Waals surface area (Å²) in [6.07, 6.45) is 0. The number of hydrogen-bond donors (Lipinski definition) is 0. The summed E-state index contributed by atoms with van der Waals surface area (Å²) >= 11 is 3.07. The minimum Gasteiger partial charge on any atom is -0.309 e. The van der Waals surface area contributed by atoms with Crippen molar-refractivity contribution in [1.29, 1.82) is 0 Å². The minimum absolute atomic E-state index is 0.0538. The number of anilines is 1. The molecule has 0 aliphatic heterocycles. The van der Waals surface area contributed by atoms with Gasteiger partial charge in [0.25, 0.3) is 0 Å². The third-order valence-corrected chi connectivity index (χ3v) is 6.60. The molecule has 4 aromatic rings. The summed E-state index contributed by atoms with van der Waals surface area (Å²) < 4.78 is 2.10. The second-order valence-corrected chi connectivity index (χ2v) is 9.23. The zero-order chi connectivity index (χ0) is 21.6. The van der Waals surface area contributed by atoms with Crippen LogP contribution in [-0.2, 0) is 11.3 Å². The molecule has 4 rings (SSSR count). The predicted molar refractivity (Wildman–Crippen MR) is 129 cm³/mol. The van der Waals surface area contributed by atoms with Crippen molar-refractivity contribution in [3.8, 4) is 10.7 Å². The highest BCUT2D eigenvalue weighted by Gasteiger charge is 2.21. The fourth-order valence-corrected chi connectivity index (χ4v) is 4.92. The lowest BCUT2D eigenvalue weighted by Gasteiger charge is -2.26. The highest BCUT2D eigenvalue weighted by atomic mass is 32.2. The Balaban J connectivity index is 1.57. The van der Waals surface area contributed by atoms with E-state index < -0.39 is 0 Å². The van der Waals surface area contributed by atoms with Gasteiger partial charge < -0.3 is 4.90 Å². The Kier molecular flexibility index (Phi) is 6.84. The molecule has 31 heavy (non-hydrogen) atoms. The molecule has 0 atom stereocenters. The summed E-state index contributed by atoms with van der Waals surface area (Å²) in [6, 6.07) is 24.2. The first-order valence-corrected chi connectivity index (χ1v) is 12.0. The van der Waals surface area contributed by atoms with Crippen LogP contribution in [0.1, 0.15) is 19.4 Å². The summed E-state index contributed by atoms with van der Waals surface area (Å²) in [5.74, 6) is 1.18. The summed E-state index contributed by atoms with van der Waals surface area (Å²) in [7, 11) is 0. The van der Waals surface area contributed by atoms with Crippen molar-refractivity contribution in [2.24, 2.45) is 0 Å². The number of amides is 1. The van der Waals surface area contributed by atoms with Gasteiger partial charge in [-0.25, -0.2) is 0 Å². The minimum atomic E-state index is 0.0538. The summed E-state index contributed by atoms with van der Waals surface area (Å²) in [6.45, 7) is 4.72. The topological polar surface area (TPSA) is 51.0 Å². The predicted octanol–water partition coefficient (Wildman–Crippen LogP) is 5.59. The van der Waals surface area contributed by atoms with Crippen molar-refractivity contribution < 1.29 is 4.79 Å². The molecule has 0 aliphatic rings. The molecule has 5 nitrogen and oxygen atoms in total. The highest BCUT2D eigenvalue weighted by Crippen LogP contribution is 2.29. The van der Waals surface area contributed by atoms with Crippen molar-refractivity contribution in [3.63, 3.8) is 0 Å². The molecule has 7 heteroatoms. The van der Waals surface area contributed by atoms with Crippen LogP contribution in [0.3, 0.4) is 0 Å². The second kappa shape index (κ2) is 9.94. The number of aromatic nitrogens is 3. The molecular weight excluding hydrogens is 424 g/mol. The van der Waals surface area contributed by atoms with Crippen LogP contribution in [0.15, 0.2) is 83.3 Å². The van der Waals surface area contributed by atoms with Crippen molar-refractivity contribution in [1.82, 2.24) is 14.8 Å². The Labute approximate surface area is 190 Å². The number of para-hydroxylation sites is 1. The molecule has 0 spiro atoms. The third-order valence-electron chi connectivity index (χ3n) is 4.79. The Hall–Kier alpha value is -2.90. The summed E-state index contributed by atoms with van der Waals surface area (Å²) in [5.41, 5.74) is 2.08. The maximum absolute atomic E-state index is 13.1. The Morgan fingerprint density at radius 3 is 2.35 bits per heavy atom. The van der Waals surface area contributed by atoms with Crippen molar-refractivity contribution in [3.05, 3.63) is 83.7 Å². The van der Waals surface area contributed by atoms with Gasteiger partial charge in [-0.15, -0.1) is 21.5 Å². The first-order chi connectivity index (χ1) is 15.1. The molecule has 0 fully saturated rings. The maximum atomic E-state index is 13.1. The van der Waals surface area contributed by atoms with E-state index in [0.29, 0.717) is 12.3 Å². The number of hydrogen-bond acceptors (Lipinski definition) is 5. The largest absolute Gasteiger partial charge is 0.309 e. The first kappa shape index (κ1) is 21.3. The molecule has 0 bridgehead atoms. The standard InChI is InChI=1S/C24H24N4OS2/c1-18(2)28(20-12-7-4-8-13-20)22(29)17-31-24-26-25-23(21-14-9-15-30-21)27(24)16-19-10-5-3-6-11-19/h3-15,18H,16-17H2,1-2H3. The fourth-order valence-electron chi connectivity index (χ4n) is 3.41. The van der Waals surface area contributed by atoms with Gasteiger partial charge in [-0.1, -0.05) is 66.4 Å². The molecule has 2 aromatic carbocycles. The summed E-state index contributed by atoms with van der Waals surface area (Å²) in [5, 5.41) is 11.7. The molecule has 0 N–H and O–H groups in total. The molecule has 0 radical (unpaired) electrons.